The minimum absolute atomic E-state index is 0. The van der Waals surface area contributed by atoms with E-state index < -0.39 is 0 Å². The number of halogens is 2. The van der Waals surface area contributed by atoms with Crippen LogP contribution in [0.25, 0.3) is 0 Å². The van der Waals surface area contributed by atoms with E-state index in [9.17, 15) is 0 Å². The average molecular weight is 277 g/mol. The summed E-state index contributed by atoms with van der Waals surface area (Å²) in [6.07, 6.45) is 2.64. The number of rotatable bonds is 2. The zero-order valence-electron chi connectivity index (χ0n) is 10.3. The molecule has 2 nitrogen and oxygen atoms in total. The van der Waals surface area contributed by atoms with Gasteiger partial charge in [-0.05, 0) is 36.5 Å². The number of piperidine rings is 1. The van der Waals surface area contributed by atoms with Gasteiger partial charge in [-0.15, -0.1) is 24.8 Å². The van der Waals surface area contributed by atoms with Gasteiger partial charge in [0.15, 0.2) is 0 Å². The lowest BCUT2D eigenvalue weighted by Gasteiger charge is -2.32. The lowest BCUT2D eigenvalue weighted by molar-refractivity contribution is 0.438. The Morgan fingerprint density at radius 1 is 1.12 bits per heavy atom. The molecule has 17 heavy (non-hydrogen) atoms. The Bertz CT molecular complexity index is 306. The average Bonchev–Trinajstić information content (AvgIpc) is 2.30. The van der Waals surface area contributed by atoms with Crippen molar-refractivity contribution in [1.29, 1.82) is 0 Å². The third-order valence-corrected chi connectivity index (χ3v) is 3.32. The first-order valence-electron chi connectivity index (χ1n) is 5.83. The molecule has 0 unspecified atom stereocenters. The zero-order chi connectivity index (χ0) is 10.7. The summed E-state index contributed by atoms with van der Waals surface area (Å²) in [5.74, 6) is 0.893. The van der Waals surface area contributed by atoms with E-state index in [1.54, 1.807) is 0 Å². The minimum atomic E-state index is 0. The number of benzene rings is 1. The van der Waals surface area contributed by atoms with Gasteiger partial charge in [-0.3, -0.25) is 0 Å². The van der Waals surface area contributed by atoms with Crippen molar-refractivity contribution in [3.63, 3.8) is 0 Å². The summed E-state index contributed by atoms with van der Waals surface area (Å²) >= 11 is 0. The van der Waals surface area contributed by atoms with Crippen LogP contribution in [0.5, 0.6) is 0 Å². The molecule has 98 valence electrons. The Hall–Kier alpha value is -0.440. The molecule has 0 aliphatic carbocycles. The molecule has 0 saturated carbocycles. The normalized spacial score (nSPS) is 16.0. The van der Waals surface area contributed by atoms with Crippen molar-refractivity contribution >= 4 is 30.5 Å². The van der Waals surface area contributed by atoms with Crippen molar-refractivity contribution in [2.75, 3.05) is 18.0 Å². The highest BCUT2D eigenvalue weighted by atomic mass is 35.5. The van der Waals surface area contributed by atoms with Gasteiger partial charge in [-0.2, -0.15) is 0 Å². The third-order valence-electron chi connectivity index (χ3n) is 3.32. The third kappa shape index (κ3) is 4.38. The molecule has 0 aromatic heterocycles. The molecule has 0 bridgehead atoms. The molecule has 2 rings (SSSR count). The lowest BCUT2D eigenvalue weighted by Crippen LogP contribution is -2.32. The number of anilines is 1. The van der Waals surface area contributed by atoms with Crippen LogP contribution in [0.3, 0.4) is 0 Å². The van der Waals surface area contributed by atoms with Crippen LogP contribution in [-0.2, 0) is 6.54 Å². The zero-order valence-corrected chi connectivity index (χ0v) is 11.9. The van der Waals surface area contributed by atoms with E-state index in [1.165, 1.54) is 37.2 Å². The topological polar surface area (TPSA) is 29.3 Å². The molecule has 1 aromatic carbocycles. The smallest absolute Gasteiger partial charge is 0.0366 e. The Morgan fingerprint density at radius 3 is 2.12 bits per heavy atom. The van der Waals surface area contributed by atoms with Crippen molar-refractivity contribution in [1.82, 2.24) is 0 Å². The maximum absolute atomic E-state index is 5.58. The maximum atomic E-state index is 5.58. The fraction of sp³-hybridized carbons (Fsp3) is 0.538. The van der Waals surface area contributed by atoms with Gasteiger partial charge in [0, 0.05) is 25.3 Å². The number of nitrogens with zero attached hydrogens (tertiary/aromatic N) is 1. The molecular formula is C13H22Cl2N2. The summed E-state index contributed by atoms with van der Waals surface area (Å²) in [5.41, 5.74) is 8.14. The second kappa shape index (κ2) is 7.80. The molecule has 0 spiro atoms. The monoisotopic (exact) mass is 276 g/mol. The maximum Gasteiger partial charge on any atom is 0.0366 e. The molecule has 1 fully saturated rings. The second-order valence-corrected chi connectivity index (χ2v) is 4.54. The van der Waals surface area contributed by atoms with Gasteiger partial charge >= 0.3 is 0 Å². The summed E-state index contributed by atoms with van der Waals surface area (Å²) in [7, 11) is 0. The number of hydrogen-bond acceptors (Lipinski definition) is 2. The first-order valence-corrected chi connectivity index (χ1v) is 5.83. The van der Waals surface area contributed by atoms with Crippen molar-refractivity contribution in [2.45, 2.75) is 26.3 Å². The fourth-order valence-corrected chi connectivity index (χ4v) is 2.11. The minimum Gasteiger partial charge on any atom is -0.372 e. The molecule has 0 atom stereocenters. The van der Waals surface area contributed by atoms with Gasteiger partial charge in [0.1, 0.15) is 0 Å². The van der Waals surface area contributed by atoms with E-state index in [0.29, 0.717) is 6.54 Å². The highest BCUT2D eigenvalue weighted by Gasteiger charge is 2.15. The Balaban J connectivity index is 0.00000128. The first-order chi connectivity index (χ1) is 7.29. The van der Waals surface area contributed by atoms with Crippen LogP contribution in [0.2, 0.25) is 0 Å². The van der Waals surface area contributed by atoms with Crippen LogP contribution in [-0.4, -0.2) is 13.1 Å². The van der Waals surface area contributed by atoms with Gasteiger partial charge in [-0.1, -0.05) is 19.1 Å². The Kier molecular flexibility index (Phi) is 7.60. The van der Waals surface area contributed by atoms with Crippen molar-refractivity contribution in [3.8, 4) is 0 Å². The van der Waals surface area contributed by atoms with Crippen LogP contribution >= 0.6 is 24.8 Å². The van der Waals surface area contributed by atoms with Crippen molar-refractivity contribution in [3.05, 3.63) is 29.8 Å². The van der Waals surface area contributed by atoms with E-state index in [-0.39, 0.29) is 24.8 Å². The molecule has 1 aliphatic rings. The fourth-order valence-electron chi connectivity index (χ4n) is 2.11. The number of nitrogens with two attached hydrogens (primary N) is 1. The number of hydrogen-bond donors (Lipinski definition) is 1. The highest BCUT2D eigenvalue weighted by molar-refractivity contribution is 5.85. The van der Waals surface area contributed by atoms with Crippen LogP contribution in [0.15, 0.2) is 24.3 Å². The molecule has 0 radical (unpaired) electrons. The summed E-state index contributed by atoms with van der Waals surface area (Å²) in [6.45, 7) is 5.37. The molecule has 1 aromatic rings. The SMILES string of the molecule is CC1CCN(c2ccc(CN)cc2)CC1.Cl.Cl. The summed E-state index contributed by atoms with van der Waals surface area (Å²) < 4.78 is 0. The molecule has 4 heteroatoms. The lowest BCUT2D eigenvalue weighted by atomic mass is 9.99. The van der Waals surface area contributed by atoms with Gasteiger partial charge in [-0.25, -0.2) is 0 Å². The summed E-state index contributed by atoms with van der Waals surface area (Å²) in [6, 6.07) is 8.65. The summed E-state index contributed by atoms with van der Waals surface area (Å²) in [4.78, 5) is 2.47. The molecule has 1 saturated heterocycles. The molecular weight excluding hydrogens is 255 g/mol. The van der Waals surface area contributed by atoms with Crippen LogP contribution in [0.1, 0.15) is 25.3 Å². The van der Waals surface area contributed by atoms with Crippen LogP contribution in [0, 0.1) is 5.92 Å². The van der Waals surface area contributed by atoms with E-state index in [0.717, 1.165) is 5.92 Å². The molecule has 1 heterocycles. The van der Waals surface area contributed by atoms with Crippen LogP contribution < -0.4 is 10.6 Å². The van der Waals surface area contributed by atoms with E-state index in [4.69, 9.17) is 5.73 Å². The van der Waals surface area contributed by atoms with E-state index in [2.05, 4.69) is 36.1 Å². The highest BCUT2D eigenvalue weighted by Crippen LogP contribution is 2.22. The van der Waals surface area contributed by atoms with Gasteiger partial charge in [0.05, 0.1) is 0 Å². The van der Waals surface area contributed by atoms with E-state index >= 15 is 0 Å². The predicted molar refractivity (Wildman–Crippen MR) is 79.4 cm³/mol. The van der Waals surface area contributed by atoms with Crippen molar-refractivity contribution < 1.29 is 0 Å². The van der Waals surface area contributed by atoms with Gasteiger partial charge < -0.3 is 10.6 Å². The molecule has 2 N–H and O–H groups in total. The largest absolute Gasteiger partial charge is 0.372 e. The Labute approximate surface area is 116 Å². The second-order valence-electron chi connectivity index (χ2n) is 4.54. The first kappa shape index (κ1) is 16.6. The quantitative estimate of drug-likeness (QED) is 0.899. The van der Waals surface area contributed by atoms with Gasteiger partial charge in [0.25, 0.3) is 0 Å². The molecule has 1 aliphatic heterocycles. The van der Waals surface area contributed by atoms with Crippen LogP contribution in [0.4, 0.5) is 5.69 Å². The van der Waals surface area contributed by atoms with Gasteiger partial charge in [0.2, 0.25) is 0 Å². The standard InChI is InChI=1S/C13H20N2.2ClH/c1-11-6-8-15(9-7-11)13-4-2-12(10-14)3-5-13;;/h2-5,11H,6-10,14H2,1H3;2*1H. The van der Waals surface area contributed by atoms with E-state index in [1.807, 2.05) is 0 Å². The van der Waals surface area contributed by atoms with Crippen molar-refractivity contribution in [2.24, 2.45) is 11.7 Å². The predicted octanol–water partition coefficient (Wildman–Crippen LogP) is 3.23. The molecule has 0 amide bonds. The Morgan fingerprint density at radius 2 is 1.65 bits per heavy atom. The summed E-state index contributed by atoms with van der Waals surface area (Å²) in [5, 5.41) is 0.